The van der Waals surface area contributed by atoms with Gasteiger partial charge in [-0.25, -0.2) is 4.79 Å². The molecule has 0 radical (unpaired) electrons. The minimum Gasteiger partial charge on any atom is -0.277 e. The van der Waals surface area contributed by atoms with E-state index >= 15 is 0 Å². The van der Waals surface area contributed by atoms with Crippen LogP contribution in [0.2, 0.25) is 0 Å². The Morgan fingerprint density at radius 3 is 2.75 bits per heavy atom. The first-order chi connectivity index (χ1) is 7.81. The minimum absolute atomic E-state index is 0.123. The highest BCUT2D eigenvalue weighted by atomic mass is 16.2. The van der Waals surface area contributed by atoms with Crippen LogP contribution >= 0.6 is 0 Å². The summed E-state index contributed by atoms with van der Waals surface area (Å²) in [6, 6.07) is 9.84. The smallest absolute Gasteiger partial charge is 0.277 e. The zero-order valence-electron chi connectivity index (χ0n) is 9.08. The van der Waals surface area contributed by atoms with Gasteiger partial charge in [0.25, 0.3) is 0 Å². The van der Waals surface area contributed by atoms with Gasteiger partial charge in [-0.15, -0.1) is 0 Å². The van der Waals surface area contributed by atoms with Crippen molar-refractivity contribution in [2.45, 2.75) is 13.5 Å². The van der Waals surface area contributed by atoms with Crippen LogP contribution in [0.5, 0.6) is 0 Å². The van der Waals surface area contributed by atoms with Crippen molar-refractivity contribution in [3.8, 4) is 0 Å². The Hall–Kier alpha value is -2.10. The second kappa shape index (κ2) is 4.61. The highest BCUT2D eigenvalue weighted by Crippen LogP contribution is 1.99. The van der Waals surface area contributed by atoms with Gasteiger partial charge in [0, 0.05) is 6.20 Å². The van der Waals surface area contributed by atoms with Gasteiger partial charge in [0.05, 0.1) is 6.54 Å². The van der Waals surface area contributed by atoms with Gasteiger partial charge >= 0.3 is 5.69 Å². The third-order valence-electron chi connectivity index (χ3n) is 2.24. The van der Waals surface area contributed by atoms with Crippen molar-refractivity contribution in [1.82, 2.24) is 14.3 Å². The molecule has 0 spiro atoms. The molecule has 0 saturated carbocycles. The number of rotatable bonds is 3. The van der Waals surface area contributed by atoms with Gasteiger partial charge in [-0.1, -0.05) is 36.4 Å². The maximum atomic E-state index is 11.8. The first-order valence-corrected chi connectivity index (χ1v) is 5.12. The van der Waals surface area contributed by atoms with E-state index in [4.69, 9.17) is 0 Å². The molecule has 0 saturated heterocycles. The van der Waals surface area contributed by atoms with E-state index < -0.39 is 0 Å². The van der Waals surface area contributed by atoms with Gasteiger partial charge in [0.1, 0.15) is 6.33 Å². The molecule has 0 aliphatic heterocycles. The summed E-state index contributed by atoms with van der Waals surface area (Å²) in [6.07, 6.45) is 4.97. The van der Waals surface area contributed by atoms with Gasteiger partial charge in [0.2, 0.25) is 0 Å². The summed E-state index contributed by atoms with van der Waals surface area (Å²) in [6.45, 7) is 2.40. The molecule has 82 valence electrons. The standard InChI is InChI=1S/C12H13N3O/c1-2-8-15-12(16)14(10-13-15)9-11-6-4-3-5-7-11/h2-8,10H,9H2,1H3/b8-2-. The molecule has 1 aromatic heterocycles. The summed E-state index contributed by atoms with van der Waals surface area (Å²) in [4.78, 5) is 11.8. The Balaban J connectivity index is 2.26. The third kappa shape index (κ3) is 2.11. The van der Waals surface area contributed by atoms with Gasteiger partial charge in [0.15, 0.2) is 0 Å². The fourth-order valence-electron chi connectivity index (χ4n) is 1.48. The summed E-state index contributed by atoms with van der Waals surface area (Å²) >= 11 is 0. The topological polar surface area (TPSA) is 39.8 Å². The van der Waals surface area contributed by atoms with E-state index in [1.807, 2.05) is 37.3 Å². The average Bonchev–Trinajstić information content (AvgIpc) is 2.64. The quantitative estimate of drug-likeness (QED) is 0.780. The van der Waals surface area contributed by atoms with Gasteiger partial charge in [-0.3, -0.25) is 4.57 Å². The van der Waals surface area contributed by atoms with E-state index in [9.17, 15) is 4.79 Å². The second-order valence-electron chi connectivity index (χ2n) is 3.45. The van der Waals surface area contributed by atoms with E-state index in [0.717, 1.165) is 5.56 Å². The number of benzene rings is 1. The molecule has 0 amide bonds. The minimum atomic E-state index is -0.123. The fourth-order valence-corrected chi connectivity index (χ4v) is 1.48. The molecule has 0 bridgehead atoms. The number of allylic oxidation sites excluding steroid dienone is 1. The largest absolute Gasteiger partial charge is 0.350 e. The van der Waals surface area contributed by atoms with Crippen molar-refractivity contribution in [1.29, 1.82) is 0 Å². The molecule has 0 unspecified atom stereocenters. The monoisotopic (exact) mass is 215 g/mol. The van der Waals surface area contributed by atoms with E-state index in [0.29, 0.717) is 6.54 Å². The Kier molecular flexibility index (Phi) is 3.00. The Bertz CT molecular complexity index is 537. The third-order valence-corrected chi connectivity index (χ3v) is 2.24. The van der Waals surface area contributed by atoms with Crippen molar-refractivity contribution >= 4 is 6.20 Å². The molecule has 0 aliphatic carbocycles. The van der Waals surface area contributed by atoms with E-state index in [1.165, 1.54) is 4.68 Å². The Morgan fingerprint density at radius 2 is 2.06 bits per heavy atom. The molecule has 1 aromatic carbocycles. The molecule has 2 aromatic rings. The number of hydrogen-bond donors (Lipinski definition) is 0. The SMILES string of the molecule is C/C=C\n1ncn(Cc2ccccc2)c1=O. The molecule has 16 heavy (non-hydrogen) atoms. The van der Waals surface area contributed by atoms with Crippen molar-refractivity contribution in [2.24, 2.45) is 0 Å². The van der Waals surface area contributed by atoms with Crippen LogP contribution in [0.15, 0.2) is 47.5 Å². The van der Waals surface area contributed by atoms with Gasteiger partial charge in [-0.2, -0.15) is 9.78 Å². The molecule has 1 heterocycles. The predicted molar refractivity (Wildman–Crippen MR) is 63.0 cm³/mol. The summed E-state index contributed by atoms with van der Waals surface area (Å²) in [5, 5.41) is 3.98. The molecule has 0 N–H and O–H groups in total. The van der Waals surface area contributed by atoms with E-state index in [1.54, 1.807) is 23.2 Å². The molecule has 0 fully saturated rings. The highest BCUT2D eigenvalue weighted by molar-refractivity contribution is 5.18. The van der Waals surface area contributed by atoms with Crippen molar-refractivity contribution in [2.75, 3.05) is 0 Å². The van der Waals surface area contributed by atoms with Crippen LogP contribution in [0.1, 0.15) is 12.5 Å². The fraction of sp³-hybridized carbons (Fsp3) is 0.167. The zero-order valence-corrected chi connectivity index (χ0v) is 9.08. The summed E-state index contributed by atoms with van der Waals surface area (Å²) in [5.41, 5.74) is 0.964. The average molecular weight is 215 g/mol. The lowest BCUT2D eigenvalue weighted by Crippen LogP contribution is -2.22. The number of aromatic nitrogens is 3. The summed E-state index contributed by atoms with van der Waals surface area (Å²) < 4.78 is 2.90. The first kappa shape index (κ1) is 10.4. The van der Waals surface area contributed by atoms with Crippen LogP contribution < -0.4 is 5.69 Å². The van der Waals surface area contributed by atoms with Crippen LogP contribution in [-0.4, -0.2) is 14.3 Å². The summed E-state index contributed by atoms with van der Waals surface area (Å²) in [5.74, 6) is 0. The van der Waals surface area contributed by atoms with Crippen molar-refractivity contribution < 1.29 is 0 Å². The molecule has 0 aliphatic rings. The van der Waals surface area contributed by atoms with Crippen LogP contribution in [0.4, 0.5) is 0 Å². The van der Waals surface area contributed by atoms with Crippen LogP contribution in [0.25, 0.3) is 6.20 Å². The van der Waals surface area contributed by atoms with Crippen LogP contribution in [0, 0.1) is 0 Å². The number of hydrogen-bond acceptors (Lipinski definition) is 2. The van der Waals surface area contributed by atoms with Crippen LogP contribution in [0.3, 0.4) is 0 Å². The van der Waals surface area contributed by atoms with Crippen molar-refractivity contribution in [3.63, 3.8) is 0 Å². The zero-order chi connectivity index (χ0) is 11.4. The molecule has 4 heteroatoms. The molecule has 0 atom stereocenters. The Labute approximate surface area is 93.5 Å². The second-order valence-corrected chi connectivity index (χ2v) is 3.45. The molecular weight excluding hydrogens is 202 g/mol. The molecule has 2 rings (SSSR count). The van der Waals surface area contributed by atoms with E-state index in [-0.39, 0.29) is 5.69 Å². The van der Waals surface area contributed by atoms with Gasteiger partial charge < -0.3 is 0 Å². The first-order valence-electron chi connectivity index (χ1n) is 5.12. The van der Waals surface area contributed by atoms with Crippen molar-refractivity contribution in [3.05, 3.63) is 58.8 Å². The molecular formula is C12H13N3O. The normalized spacial score (nSPS) is 11.1. The van der Waals surface area contributed by atoms with E-state index in [2.05, 4.69) is 5.10 Å². The lowest BCUT2D eigenvalue weighted by molar-refractivity contribution is 0.748. The maximum absolute atomic E-state index is 11.8. The summed E-state index contributed by atoms with van der Waals surface area (Å²) in [7, 11) is 0. The van der Waals surface area contributed by atoms with Crippen LogP contribution in [-0.2, 0) is 6.54 Å². The maximum Gasteiger partial charge on any atom is 0.350 e. The highest BCUT2D eigenvalue weighted by Gasteiger charge is 2.02. The number of nitrogens with zero attached hydrogens (tertiary/aromatic N) is 3. The van der Waals surface area contributed by atoms with Gasteiger partial charge in [-0.05, 0) is 12.5 Å². The lowest BCUT2D eigenvalue weighted by atomic mass is 10.2. The molecule has 4 nitrogen and oxygen atoms in total. The Morgan fingerprint density at radius 1 is 1.31 bits per heavy atom. The predicted octanol–water partition coefficient (Wildman–Crippen LogP) is 1.58. The lowest BCUT2D eigenvalue weighted by Gasteiger charge is -1.99.